The van der Waals surface area contributed by atoms with Crippen LogP contribution in [0.25, 0.3) is 10.8 Å². The molecule has 32 heavy (non-hydrogen) atoms. The molecule has 0 saturated heterocycles. The van der Waals surface area contributed by atoms with Crippen LogP contribution in [0, 0.1) is 0 Å². The Hall–Kier alpha value is -4.08. The average molecular weight is 446 g/mol. The molecule has 0 saturated carbocycles. The summed E-state index contributed by atoms with van der Waals surface area (Å²) in [6.45, 7) is 0. The van der Waals surface area contributed by atoms with Crippen molar-refractivity contribution in [1.29, 1.82) is 0 Å². The lowest BCUT2D eigenvalue weighted by Gasteiger charge is -2.09. The molecular weight excluding hydrogens is 428 g/mol. The number of hydrogen-bond donors (Lipinski definition) is 3. The standard InChI is InChI=1S/C23H18N4O4S/c24-22-19-9-5-4-8-18(19)21(32(29,30)31)14-20(22)27-26-17-12-10-15(11-13-17)23(28)25-16-6-2-1-3-7-16/h1-14H,24H2,(H,25,28)(H,29,30,31)/b27-26+. The van der Waals surface area contributed by atoms with E-state index in [1.807, 2.05) is 18.2 Å². The Morgan fingerprint density at radius 2 is 1.47 bits per heavy atom. The number of carbonyl (C=O) groups excluding carboxylic acids is 1. The number of benzene rings is 4. The minimum atomic E-state index is -4.49. The quantitative estimate of drug-likeness (QED) is 0.216. The number of azo groups is 1. The molecule has 0 atom stereocenters. The van der Waals surface area contributed by atoms with Crippen LogP contribution >= 0.6 is 0 Å². The fourth-order valence-electron chi connectivity index (χ4n) is 3.16. The normalized spacial score (nSPS) is 11.7. The van der Waals surface area contributed by atoms with E-state index in [4.69, 9.17) is 5.73 Å². The maximum atomic E-state index is 12.3. The predicted molar refractivity (Wildman–Crippen MR) is 123 cm³/mol. The minimum absolute atomic E-state index is 0.0993. The van der Waals surface area contributed by atoms with Crippen LogP contribution in [-0.2, 0) is 10.1 Å². The smallest absolute Gasteiger partial charge is 0.295 e. The van der Waals surface area contributed by atoms with E-state index in [1.165, 1.54) is 6.07 Å². The Labute approximate surface area is 184 Å². The van der Waals surface area contributed by atoms with E-state index in [2.05, 4.69) is 15.5 Å². The number of anilines is 2. The third-order valence-electron chi connectivity index (χ3n) is 4.74. The van der Waals surface area contributed by atoms with Crippen molar-refractivity contribution in [3.8, 4) is 0 Å². The second kappa shape index (κ2) is 8.58. The van der Waals surface area contributed by atoms with Crippen LogP contribution in [0.5, 0.6) is 0 Å². The van der Waals surface area contributed by atoms with Gasteiger partial charge in [0.25, 0.3) is 16.0 Å². The number of fused-ring (bicyclic) bond motifs is 1. The number of nitrogens with one attached hydrogen (secondary N) is 1. The van der Waals surface area contributed by atoms with Gasteiger partial charge < -0.3 is 11.1 Å². The number of nitrogen functional groups attached to an aromatic ring is 1. The number of carbonyl (C=O) groups is 1. The van der Waals surface area contributed by atoms with Crippen molar-refractivity contribution in [1.82, 2.24) is 0 Å². The van der Waals surface area contributed by atoms with Crippen molar-refractivity contribution < 1.29 is 17.8 Å². The largest absolute Gasteiger partial charge is 0.396 e. The zero-order valence-corrected chi connectivity index (χ0v) is 17.5. The first-order valence-electron chi connectivity index (χ1n) is 9.50. The number of nitrogens with zero attached hydrogens (tertiary/aromatic N) is 2. The lowest BCUT2D eigenvalue weighted by Crippen LogP contribution is -2.11. The van der Waals surface area contributed by atoms with Gasteiger partial charge in [-0.2, -0.15) is 13.5 Å². The molecule has 0 fully saturated rings. The minimum Gasteiger partial charge on any atom is -0.396 e. The summed E-state index contributed by atoms with van der Waals surface area (Å²) < 4.78 is 33.2. The van der Waals surface area contributed by atoms with Crippen molar-refractivity contribution in [3.05, 3.63) is 90.5 Å². The van der Waals surface area contributed by atoms with Crippen molar-refractivity contribution in [2.75, 3.05) is 11.1 Å². The second-order valence-corrected chi connectivity index (χ2v) is 8.29. The van der Waals surface area contributed by atoms with E-state index in [9.17, 15) is 17.8 Å². The van der Waals surface area contributed by atoms with E-state index < -0.39 is 10.1 Å². The highest BCUT2D eigenvalue weighted by molar-refractivity contribution is 7.86. The Morgan fingerprint density at radius 1 is 0.844 bits per heavy atom. The highest BCUT2D eigenvalue weighted by Crippen LogP contribution is 2.36. The van der Waals surface area contributed by atoms with Crippen LogP contribution in [0.1, 0.15) is 10.4 Å². The van der Waals surface area contributed by atoms with Crippen LogP contribution in [0.2, 0.25) is 0 Å². The van der Waals surface area contributed by atoms with E-state index in [0.29, 0.717) is 27.7 Å². The summed E-state index contributed by atoms with van der Waals surface area (Å²) in [5.74, 6) is -0.267. The van der Waals surface area contributed by atoms with E-state index in [-0.39, 0.29) is 22.2 Å². The molecule has 1 amide bonds. The Balaban J connectivity index is 1.61. The van der Waals surface area contributed by atoms with Gasteiger partial charge in [0.15, 0.2) is 0 Å². The van der Waals surface area contributed by atoms with Gasteiger partial charge in [-0.25, -0.2) is 0 Å². The molecule has 4 N–H and O–H groups in total. The van der Waals surface area contributed by atoms with Gasteiger partial charge in [-0.05, 0) is 42.5 Å². The molecule has 160 valence electrons. The maximum Gasteiger partial charge on any atom is 0.295 e. The van der Waals surface area contributed by atoms with E-state index in [1.54, 1.807) is 60.7 Å². The summed E-state index contributed by atoms with van der Waals surface area (Å²) in [5, 5.41) is 11.7. The van der Waals surface area contributed by atoms with Crippen LogP contribution in [-0.4, -0.2) is 18.9 Å². The lowest BCUT2D eigenvalue weighted by molar-refractivity contribution is 0.102. The zero-order valence-electron chi connectivity index (χ0n) is 16.6. The van der Waals surface area contributed by atoms with Gasteiger partial charge in [-0.15, -0.1) is 5.11 Å². The summed E-state index contributed by atoms with van der Waals surface area (Å²) >= 11 is 0. The van der Waals surface area contributed by atoms with Crippen LogP contribution in [0.15, 0.2) is 100 Å². The fourth-order valence-corrected chi connectivity index (χ4v) is 3.88. The molecule has 0 bridgehead atoms. The molecule has 0 radical (unpaired) electrons. The average Bonchev–Trinajstić information content (AvgIpc) is 2.79. The van der Waals surface area contributed by atoms with Gasteiger partial charge in [0.1, 0.15) is 10.6 Å². The van der Waals surface area contributed by atoms with Gasteiger partial charge >= 0.3 is 0 Å². The molecule has 0 heterocycles. The molecule has 0 aliphatic carbocycles. The lowest BCUT2D eigenvalue weighted by atomic mass is 10.1. The predicted octanol–water partition coefficient (Wildman–Crippen LogP) is 5.34. The monoisotopic (exact) mass is 446 g/mol. The topological polar surface area (TPSA) is 134 Å². The second-order valence-electron chi connectivity index (χ2n) is 6.90. The Kier molecular flexibility index (Phi) is 5.67. The first-order chi connectivity index (χ1) is 15.3. The summed E-state index contributed by atoms with van der Waals surface area (Å²) in [5.41, 5.74) is 8.03. The Bertz CT molecular complexity index is 1430. The SMILES string of the molecule is Nc1c(/N=N/c2ccc(C(=O)Nc3ccccc3)cc2)cc(S(=O)(=O)O)c2ccccc12. The third-order valence-corrected chi connectivity index (χ3v) is 5.63. The highest BCUT2D eigenvalue weighted by atomic mass is 32.2. The molecule has 0 aliphatic rings. The molecule has 0 spiro atoms. The van der Waals surface area contributed by atoms with Crippen molar-refractivity contribution in [2.24, 2.45) is 10.2 Å². The maximum absolute atomic E-state index is 12.3. The van der Waals surface area contributed by atoms with Crippen molar-refractivity contribution in [3.63, 3.8) is 0 Å². The van der Waals surface area contributed by atoms with Crippen LogP contribution in [0.4, 0.5) is 22.7 Å². The summed E-state index contributed by atoms with van der Waals surface area (Å²) in [4.78, 5) is 12.0. The number of nitrogens with two attached hydrogens (primary N) is 1. The molecule has 9 heteroatoms. The molecule has 4 aromatic carbocycles. The molecular formula is C23H18N4O4S. The Morgan fingerprint density at radius 3 is 2.12 bits per heavy atom. The number of hydrogen-bond acceptors (Lipinski definition) is 6. The molecule has 4 rings (SSSR count). The first-order valence-corrected chi connectivity index (χ1v) is 10.9. The summed E-state index contributed by atoms with van der Waals surface area (Å²) in [6, 6.07) is 23.2. The third kappa shape index (κ3) is 4.48. The zero-order chi connectivity index (χ0) is 22.7. The fraction of sp³-hybridized carbons (Fsp3) is 0. The summed E-state index contributed by atoms with van der Waals surface area (Å²) in [7, 11) is -4.49. The molecule has 4 aromatic rings. The van der Waals surface area contributed by atoms with Gasteiger partial charge in [-0.3, -0.25) is 9.35 Å². The molecule has 8 nitrogen and oxygen atoms in total. The molecule has 0 aliphatic heterocycles. The van der Waals surface area contributed by atoms with E-state index >= 15 is 0 Å². The van der Waals surface area contributed by atoms with Gasteiger partial charge in [-0.1, -0.05) is 42.5 Å². The number of amides is 1. The van der Waals surface area contributed by atoms with E-state index in [0.717, 1.165) is 0 Å². The van der Waals surface area contributed by atoms with Crippen LogP contribution < -0.4 is 11.1 Å². The van der Waals surface area contributed by atoms with Crippen molar-refractivity contribution >= 4 is 49.5 Å². The molecule has 0 unspecified atom stereocenters. The van der Waals surface area contributed by atoms with Gasteiger partial charge in [0.2, 0.25) is 0 Å². The van der Waals surface area contributed by atoms with Gasteiger partial charge in [0, 0.05) is 22.0 Å². The number of rotatable bonds is 5. The highest BCUT2D eigenvalue weighted by Gasteiger charge is 2.18. The first kappa shape index (κ1) is 21.2. The van der Waals surface area contributed by atoms with Crippen LogP contribution in [0.3, 0.4) is 0 Å². The number of para-hydroxylation sites is 1. The van der Waals surface area contributed by atoms with Crippen molar-refractivity contribution in [2.45, 2.75) is 4.90 Å². The molecule has 0 aromatic heterocycles. The summed E-state index contributed by atoms with van der Waals surface area (Å²) in [6.07, 6.45) is 0. The van der Waals surface area contributed by atoms with Gasteiger partial charge in [0.05, 0.1) is 11.4 Å².